The monoisotopic (exact) mass is 1510 g/mol. The summed E-state index contributed by atoms with van der Waals surface area (Å²) in [6, 6.07) is 0. The maximum atomic E-state index is 13.1. The third kappa shape index (κ3) is 76.6. The van der Waals surface area contributed by atoms with Crippen LogP contribution in [-0.4, -0.2) is 96.7 Å². The molecule has 6 atom stereocenters. The second-order valence-electron chi connectivity index (χ2n) is 30.9. The summed E-state index contributed by atoms with van der Waals surface area (Å²) in [5, 5.41) is 10.6. The SMILES string of the molecule is CCCCCCCCCCCCCCCCCCCCCCC(=O)OC[C@H](COP(=O)(O)OC[C@@H](O)COP(=O)(O)OC[C@@H](COC(=O)CCCCCCC)OC(=O)CCCCCCCCCCCCCCCC(C)C)OC(=O)CCCCCCCCCCCCCCCCCCCCC(C)CC. The zero-order valence-corrected chi connectivity index (χ0v) is 69.4. The molecular formula is C84H164O17P2. The van der Waals surface area contributed by atoms with Crippen molar-refractivity contribution in [1.82, 2.24) is 0 Å². The fourth-order valence-corrected chi connectivity index (χ4v) is 14.6. The van der Waals surface area contributed by atoms with Crippen LogP contribution >= 0.6 is 15.6 Å². The Morgan fingerprint density at radius 1 is 0.282 bits per heavy atom. The Labute approximate surface area is 632 Å². The number of hydrogen-bond donors (Lipinski definition) is 3. The molecule has 0 bridgehead atoms. The summed E-state index contributed by atoms with van der Waals surface area (Å²) < 4.78 is 68.6. The highest BCUT2D eigenvalue weighted by Crippen LogP contribution is 2.45. The van der Waals surface area contributed by atoms with Gasteiger partial charge in [-0.15, -0.1) is 0 Å². The minimum absolute atomic E-state index is 0.107. The summed E-state index contributed by atoms with van der Waals surface area (Å²) >= 11 is 0. The van der Waals surface area contributed by atoms with E-state index in [4.69, 9.17) is 37.0 Å². The molecule has 0 aromatic heterocycles. The molecule has 3 N–H and O–H groups in total. The molecule has 0 aliphatic carbocycles. The fourth-order valence-electron chi connectivity index (χ4n) is 13.0. The van der Waals surface area contributed by atoms with Crippen LogP contribution in [0.5, 0.6) is 0 Å². The van der Waals surface area contributed by atoms with Crippen LogP contribution in [0.15, 0.2) is 0 Å². The zero-order valence-electron chi connectivity index (χ0n) is 67.6. The van der Waals surface area contributed by atoms with Gasteiger partial charge in [0.1, 0.15) is 19.3 Å². The van der Waals surface area contributed by atoms with Crippen LogP contribution in [0.1, 0.15) is 446 Å². The minimum Gasteiger partial charge on any atom is -0.462 e. The van der Waals surface area contributed by atoms with Crippen LogP contribution in [0.25, 0.3) is 0 Å². The highest BCUT2D eigenvalue weighted by molar-refractivity contribution is 7.47. The quantitative estimate of drug-likeness (QED) is 0.0222. The first-order chi connectivity index (χ1) is 49.9. The summed E-state index contributed by atoms with van der Waals surface area (Å²) in [6.07, 6.45) is 67.2. The maximum Gasteiger partial charge on any atom is 0.472 e. The van der Waals surface area contributed by atoms with E-state index in [-0.39, 0.29) is 25.7 Å². The van der Waals surface area contributed by atoms with Gasteiger partial charge in [-0.2, -0.15) is 0 Å². The number of esters is 4. The number of aliphatic hydroxyl groups excluding tert-OH is 1. The molecule has 0 amide bonds. The molecule has 0 fully saturated rings. The molecule has 103 heavy (non-hydrogen) atoms. The van der Waals surface area contributed by atoms with Crippen LogP contribution in [0, 0.1) is 11.8 Å². The highest BCUT2D eigenvalue weighted by Gasteiger charge is 2.30. The first-order valence-corrected chi connectivity index (χ1v) is 46.5. The highest BCUT2D eigenvalue weighted by atomic mass is 31.2. The Morgan fingerprint density at radius 2 is 0.495 bits per heavy atom. The Balaban J connectivity index is 5.11. The van der Waals surface area contributed by atoms with Gasteiger partial charge in [-0.1, -0.05) is 395 Å². The van der Waals surface area contributed by atoms with Crippen LogP contribution < -0.4 is 0 Å². The van der Waals surface area contributed by atoms with Gasteiger partial charge in [0.2, 0.25) is 0 Å². The number of carbonyl (C=O) groups excluding carboxylic acids is 4. The van der Waals surface area contributed by atoms with Gasteiger partial charge in [0, 0.05) is 25.7 Å². The van der Waals surface area contributed by atoms with Gasteiger partial charge in [0.05, 0.1) is 26.4 Å². The van der Waals surface area contributed by atoms with Crippen LogP contribution in [0.3, 0.4) is 0 Å². The standard InChI is InChI=1S/C84H164O17P2/c1-7-10-12-14-15-16-17-18-19-20-21-22-26-29-34-39-44-49-55-61-67-82(87)95-73-80(101-84(89)69-62-56-50-45-40-35-30-27-24-23-25-28-33-38-43-48-54-59-65-77(6)9-3)75-99-103(92,93)97-71-78(85)70-96-102(90,91)98-74-79(72-94-81(86)66-60-52-13-11-8-2)100-83(88)68-63-57-51-46-41-36-31-32-37-42-47-53-58-64-76(4)5/h76-80,85H,7-75H2,1-6H3,(H,90,91)(H,92,93)/t77?,78-,79+,80+/m0/s1. The third-order valence-corrected chi connectivity index (χ3v) is 22.0. The summed E-state index contributed by atoms with van der Waals surface area (Å²) in [5.74, 6) is -0.459. The van der Waals surface area contributed by atoms with E-state index >= 15 is 0 Å². The van der Waals surface area contributed by atoms with Crippen molar-refractivity contribution in [2.75, 3.05) is 39.6 Å². The van der Waals surface area contributed by atoms with Crippen molar-refractivity contribution in [2.24, 2.45) is 11.8 Å². The summed E-state index contributed by atoms with van der Waals surface area (Å²) in [7, 11) is -9.91. The number of phosphoric acid groups is 2. The second-order valence-corrected chi connectivity index (χ2v) is 33.8. The lowest BCUT2D eigenvalue weighted by molar-refractivity contribution is -0.161. The lowest BCUT2D eigenvalue weighted by atomic mass is 9.99. The van der Waals surface area contributed by atoms with E-state index in [1.54, 1.807) is 0 Å². The number of ether oxygens (including phenoxy) is 4. The first-order valence-electron chi connectivity index (χ1n) is 43.5. The smallest absolute Gasteiger partial charge is 0.462 e. The molecule has 0 rings (SSSR count). The average molecular weight is 1510 g/mol. The van der Waals surface area contributed by atoms with Crippen molar-refractivity contribution in [3.8, 4) is 0 Å². The van der Waals surface area contributed by atoms with Crippen molar-refractivity contribution in [3.63, 3.8) is 0 Å². The molecule has 0 radical (unpaired) electrons. The van der Waals surface area contributed by atoms with Gasteiger partial charge < -0.3 is 33.8 Å². The zero-order chi connectivity index (χ0) is 75.6. The lowest BCUT2D eigenvalue weighted by Gasteiger charge is -2.21. The summed E-state index contributed by atoms with van der Waals surface area (Å²) in [5.41, 5.74) is 0. The van der Waals surface area contributed by atoms with Crippen LogP contribution in [-0.2, 0) is 65.4 Å². The molecule has 0 aromatic rings. The molecular weight excluding hydrogens is 1340 g/mol. The van der Waals surface area contributed by atoms with E-state index in [1.165, 1.54) is 257 Å². The maximum absolute atomic E-state index is 13.1. The molecule has 0 spiro atoms. The van der Waals surface area contributed by atoms with Gasteiger partial charge in [-0.25, -0.2) is 9.13 Å². The molecule has 17 nitrogen and oxygen atoms in total. The number of rotatable bonds is 83. The largest absolute Gasteiger partial charge is 0.472 e. The first kappa shape index (κ1) is 101. The lowest BCUT2D eigenvalue weighted by Crippen LogP contribution is -2.30. The van der Waals surface area contributed by atoms with Crippen molar-refractivity contribution in [1.29, 1.82) is 0 Å². The number of aliphatic hydroxyl groups is 1. The van der Waals surface area contributed by atoms with E-state index < -0.39 is 97.5 Å². The molecule has 19 heteroatoms. The predicted molar refractivity (Wildman–Crippen MR) is 423 cm³/mol. The number of unbranched alkanes of at least 4 members (excludes halogenated alkanes) is 52. The minimum atomic E-state index is -4.96. The number of phosphoric ester groups is 2. The van der Waals surface area contributed by atoms with Gasteiger partial charge in [0.15, 0.2) is 12.2 Å². The summed E-state index contributed by atoms with van der Waals surface area (Å²) in [6.45, 7) is 9.64. The Bertz CT molecular complexity index is 1980. The van der Waals surface area contributed by atoms with E-state index in [0.29, 0.717) is 25.7 Å². The Hall–Kier alpha value is -1.94. The van der Waals surface area contributed by atoms with E-state index in [0.717, 1.165) is 108 Å². The van der Waals surface area contributed by atoms with Crippen molar-refractivity contribution in [2.45, 2.75) is 464 Å². The normalized spacial score (nSPS) is 14.1. The molecule has 0 saturated heterocycles. The van der Waals surface area contributed by atoms with Gasteiger partial charge in [-0.05, 0) is 37.5 Å². The topological polar surface area (TPSA) is 237 Å². The second kappa shape index (κ2) is 75.5. The summed E-state index contributed by atoms with van der Waals surface area (Å²) in [4.78, 5) is 72.8. The van der Waals surface area contributed by atoms with E-state index in [1.807, 2.05) is 0 Å². The Kier molecular flexibility index (Phi) is 74.1. The Morgan fingerprint density at radius 3 is 0.738 bits per heavy atom. The van der Waals surface area contributed by atoms with Crippen molar-refractivity contribution < 1.29 is 80.2 Å². The van der Waals surface area contributed by atoms with Crippen LogP contribution in [0.4, 0.5) is 0 Å². The molecule has 0 aliphatic rings. The molecule has 0 heterocycles. The average Bonchev–Trinajstić information content (AvgIpc) is 0.968. The third-order valence-electron chi connectivity index (χ3n) is 20.1. The number of carbonyl (C=O) groups is 4. The van der Waals surface area contributed by atoms with Gasteiger partial charge in [-0.3, -0.25) is 37.3 Å². The molecule has 612 valence electrons. The predicted octanol–water partition coefficient (Wildman–Crippen LogP) is 25.5. The van der Waals surface area contributed by atoms with Gasteiger partial charge in [0.25, 0.3) is 0 Å². The van der Waals surface area contributed by atoms with Crippen LogP contribution in [0.2, 0.25) is 0 Å². The molecule has 0 aliphatic heterocycles. The molecule has 0 aromatic carbocycles. The van der Waals surface area contributed by atoms with E-state index in [2.05, 4.69) is 41.5 Å². The fraction of sp³-hybridized carbons (Fsp3) is 0.952. The number of hydrogen-bond acceptors (Lipinski definition) is 15. The van der Waals surface area contributed by atoms with E-state index in [9.17, 15) is 43.2 Å². The molecule has 0 saturated carbocycles. The van der Waals surface area contributed by atoms with Crippen molar-refractivity contribution >= 4 is 39.5 Å². The molecule has 3 unspecified atom stereocenters. The van der Waals surface area contributed by atoms with Gasteiger partial charge >= 0.3 is 39.5 Å². The van der Waals surface area contributed by atoms with Crippen molar-refractivity contribution in [3.05, 3.63) is 0 Å².